The molecular formula is C14H14N6O2. The highest BCUT2D eigenvalue weighted by Crippen LogP contribution is 2.09. The molecule has 1 aromatic carbocycles. The van der Waals surface area contributed by atoms with E-state index in [2.05, 4.69) is 20.7 Å². The Morgan fingerprint density at radius 3 is 2.77 bits per heavy atom. The van der Waals surface area contributed by atoms with Crippen molar-refractivity contribution in [2.75, 3.05) is 5.32 Å². The summed E-state index contributed by atoms with van der Waals surface area (Å²) in [6.07, 6.45) is 1.71. The minimum atomic E-state index is -0.799. The van der Waals surface area contributed by atoms with Crippen molar-refractivity contribution in [3.05, 3.63) is 46.9 Å². The third-order valence-corrected chi connectivity index (χ3v) is 3.30. The summed E-state index contributed by atoms with van der Waals surface area (Å²) in [7, 11) is 1.75. The smallest absolute Gasteiger partial charge is 0.278 e. The number of nitrogens with zero attached hydrogens (tertiary/aromatic N) is 5. The third kappa shape index (κ3) is 2.46. The van der Waals surface area contributed by atoms with Gasteiger partial charge in [-0.3, -0.25) is 14.3 Å². The molecule has 0 radical (unpaired) electrons. The zero-order valence-corrected chi connectivity index (χ0v) is 12.1. The Morgan fingerprint density at radius 2 is 2.05 bits per heavy atom. The van der Waals surface area contributed by atoms with Gasteiger partial charge in [-0.15, -0.1) is 5.10 Å². The van der Waals surface area contributed by atoms with Crippen LogP contribution < -0.4 is 10.9 Å². The van der Waals surface area contributed by atoms with Crippen LogP contribution in [0.4, 0.5) is 5.82 Å². The Labute approximate surface area is 125 Å². The largest absolute Gasteiger partial charge is 0.307 e. The first-order valence-corrected chi connectivity index (χ1v) is 6.71. The molecule has 0 fully saturated rings. The minimum absolute atomic E-state index is 0.353. The predicted molar refractivity (Wildman–Crippen MR) is 80.3 cm³/mol. The van der Waals surface area contributed by atoms with E-state index in [-0.39, 0.29) is 11.5 Å². The van der Waals surface area contributed by atoms with E-state index in [1.54, 1.807) is 55.2 Å². The lowest BCUT2D eigenvalue weighted by Gasteiger charge is -2.12. The first-order valence-electron chi connectivity index (χ1n) is 6.71. The van der Waals surface area contributed by atoms with Crippen molar-refractivity contribution in [3.8, 4) is 0 Å². The van der Waals surface area contributed by atoms with Crippen LogP contribution in [-0.2, 0) is 11.8 Å². The van der Waals surface area contributed by atoms with Gasteiger partial charge in [0.15, 0.2) is 5.82 Å². The number of benzene rings is 1. The van der Waals surface area contributed by atoms with Gasteiger partial charge in [-0.05, 0) is 19.1 Å². The fraction of sp³-hybridized carbons (Fsp3) is 0.214. The highest BCUT2D eigenvalue weighted by Gasteiger charge is 2.19. The highest BCUT2D eigenvalue weighted by atomic mass is 16.2. The summed E-state index contributed by atoms with van der Waals surface area (Å²) < 4.78 is 2.64. The molecule has 0 aliphatic carbocycles. The van der Waals surface area contributed by atoms with Gasteiger partial charge in [0.05, 0.1) is 5.39 Å². The highest BCUT2D eigenvalue weighted by molar-refractivity contribution is 5.92. The van der Waals surface area contributed by atoms with Gasteiger partial charge in [0.25, 0.3) is 5.56 Å². The van der Waals surface area contributed by atoms with Crippen molar-refractivity contribution < 1.29 is 4.79 Å². The Morgan fingerprint density at radius 1 is 1.27 bits per heavy atom. The Bertz CT molecular complexity index is 897. The number of aromatic nitrogens is 5. The summed E-state index contributed by atoms with van der Waals surface area (Å²) >= 11 is 0. The lowest BCUT2D eigenvalue weighted by molar-refractivity contribution is -0.119. The van der Waals surface area contributed by atoms with Crippen LogP contribution in [0.5, 0.6) is 0 Å². The molecule has 8 nitrogen and oxygen atoms in total. The molecule has 0 saturated heterocycles. The number of carbonyl (C=O) groups is 1. The number of fused-ring (bicyclic) bond motifs is 1. The van der Waals surface area contributed by atoms with Gasteiger partial charge >= 0.3 is 0 Å². The number of aryl methyl sites for hydroxylation is 1. The molecule has 8 heteroatoms. The molecule has 1 N–H and O–H groups in total. The van der Waals surface area contributed by atoms with Gasteiger partial charge in [-0.25, -0.2) is 0 Å². The van der Waals surface area contributed by atoms with E-state index in [0.717, 1.165) is 4.68 Å². The third-order valence-electron chi connectivity index (χ3n) is 3.30. The normalized spacial score (nSPS) is 12.3. The molecule has 2 heterocycles. The number of amides is 1. The second-order valence-corrected chi connectivity index (χ2v) is 4.90. The van der Waals surface area contributed by atoms with E-state index in [9.17, 15) is 9.59 Å². The molecule has 0 aliphatic rings. The van der Waals surface area contributed by atoms with Crippen LogP contribution in [0.1, 0.15) is 13.0 Å². The Balaban J connectivity index is 1.91. The van der Waals surface area contributed by atoms with E-state index in [1.807, 2.05) is 0 Å². The summed E-state index contributed by atoms with van der Waals surface area (Å²) in [6, 6.07) is 7.75. The average molecular weight is 298 g/mol. The van der Waals surface area contributed by atoms with Gasteiger partial charge in [0, 0.05) is 19.3 Å². The molecule has 0 unspecified atom stereocenters. The number of rotatable bonds is 3. The quantitative estimate of drug-likeness (QED) is 0.769. The first kappa shape index (κ1) is 13.9. The van der Waals surface area contributed by atoms with Crippen molar-refractivity contribution in [2.24, 2.45) is 7.05 Å². The number of carbonyl (C=O) groups excluding carboxylic acids is 1. The number of nitrogens with one attached hydrogen (secondary N) is 1. The average Bonchev–Trinajstić information content (AvgIpc) is 2.92. The minimum Gasteiger partial charge on any atom is -0.307 e. The van der Waals surface area contributed by atoms with Crippen LogP contribution in [0.2, 0.25) is 0 Å². The lowest BCUT2D eigenvalue weighted by Crippen LogP contribution is -2.34. The molecule has 3 rings (SSSR count). The van der Waals surface area contributed by atoms with Crippen molar-refractivity contribution >= 4 is 22.6 Å². The van der Waals surface area contributed by atoms with Crippen LogP contribution in [0.15, 0.2) is 41.3 Å². The SMILES string of the molecule is C[C@H](C(=O)Nc1ccn(C)n1)n1nnc2ccccc2c1=O. The predicted octanol–water partition coefficient (Wildman–Crippen LogP) is 0.725. The maximum atomic E-state index is 12.4. The molecule has 1 amide bonds. The molecule has 2 aromatic heterocycles. The van der Waals surface area contributed by atoms with Gasteiger partial charge < -0.3 is 5.32 Å². The van der Waals surface area contributed by atoms with Gasteiger partial charge in [-0.1, -0.05) is 17.3 Å². The van der Waals surface area contributed by atoms with Crippen molar-refractivity contribution in [2.45, 2.75) is 13.0 Å². The van der Waals surface area contributed by atoms with Crippen molar-refractivity contribution in [1.82, 2.24) is 24.8 Å². The zero-order chi connectivity index (χ0) is 15.7. The Kier molecular flexibility index (Phi) is 3.42. The summed E-state index contributed by atoms with van der Waals surface area (Å²) in [5.74, 6) is 0.0338. The summed E-state index contributed by atoms with van der Waals surface area (Å²) in [5, 5.41) is 14.9. The van der Waals surface area contributed by atoms with Crippen molar-refractivity contribution in [1.29, 1.82) is 0 Å². The molecule has 0 saturated carbocycles. The monoisotopic (exact) mass is 298 g/mol. The van der Waals surface area contributed by atoms with Gasteiger partial charge in [-0.2, -0.15) is 9.78 Å². The van der Waals surface area contributed by atoms with Crippen LogP contribution in [0, 0.1) is 0 Å². The number of hydrogen-bond donors (Lipinski definition) is 1. The molecule has 0 spiro atoms. The number of hydrogen-bond acceptors (Lipinski definition) is 5. The molecule has 22 heavy (non-hydrogen) atoms. The van der Waals surface area contributed by atoms with E-state index < -0.39 is 6.04 Å². The second-order valence-electron chi connectivity index (χ2n) is 4.90. The molecule has 0 aliphatic heterocycles. The van der Waals surface area contributed by atoms with Crippen LogP contribution in [0.25, 0.3) is 10.9 Å². The summed E-state index contributed by atoms with van der Waals surface area (Å²) in [4.78, 5) is 24.6. The van der Waals surface area contributed by atoms with E-state index in [4.69, 9.17) is 0 Å². The summed E-state index contributed by atoms with van der Waals surface area (Å²) in [6.45, 7) is 1.59. The van der Waals surface area contributed by atoms with Crippen LogP contribution in [-0.4, -0.2) is 30.7 Å². The Hall–Kier alpha value is -3.03. The second kappa shape index (κ2) is 5.40. The van der Waals surface area contributed by atoms with Gasteiger partial charge in [0.2, 0.25) is 5.91 Å². The van der Waals surface area contributed by atoms with Crippen LogP contribution in [0.3, 0.4) is 0 Å². The lowest BCUT2D eigenvalue weighted by atomic mass is 10.2. The zero-order valence-electron chi connectivity index (χ0n) is 12.1. The number of anilines is 1. The topological polar surface area (TPSA) is 94.7 Å². The van der Waals surface area contributed by atoms with E-state index >= 15 is 0 Å². The molecule has 112 valence electrons. The molecule has 3 aromatic rings. The maximum Gasteiger partial charge on any atom is 0.278 e. The van der Waals surface area contributed by atoms with E-state index in [1.165, 1.54) is 0 Å². The van der Waals surface area contributed by atoms with Crippen molar-refractivity contribution in [3.63, 3.8) is 0 Å². The fourth-order valence-electron chi connectivity index (χ4n) is 2.08. The van der Waals surface area contributed by atoms with Crippen LogP contribution >= 0.6 is 0 Å². The molecule has 1 atom stereocenters. The standard InChI is InChI=1S/C14H14N6O2/c1-9(13(21)15-12-7-8-19(2)17-12)20-14(22)10-5-3-4-6-11(10)16-18-20/h3-9H,1-2H3,(H,15,17,21)/t9-/m1/s1. The van der Waals surface area contributed by atoms with Gasteiger partial charge in [0.1, 0.15) is 11.6 Å². The maximum absolute atomic E-state index is 12.4. The molecular weight excluding hydrogens is 284 g/mol. The van der Waals surface area contributed by atoms with E-state index in [0.29, 0.717) is 16.7 Å². The first-order chi connectivity index (χ1) is 10.6. The fourth-order valence-corrected chi connectivity index (χ4v) is 2.08. The summed E-state index contributed by atoms with van der Waals surface area (Å²) in [5.41, 5.74) is 0.148. The molecule has 0 bridgehead atoms.